The number of nitrogens with zero attached hydrogens (tertiary/aromatic N) is 1. The quantitative estimate of drug-likeness (QED) is 0.803. The normalized spacial score (nSPS) is 11.1. The zero-order valence-electron chi connectivity index (χ0n) is 8.53. The number of carbonyl (C=O) groups excluding carboxylic acids is 1. The number of benzene rings is 1. The van der Waals surface area contributed by atoms with E-state index in [-0.39, 0.29) is 10.7 Å². The second-order valence-electron chi connectivity index (χ2n) is 2.78. The number of nitriles is 1. The third-order valence-corrected chi connectivity index (χ3v) is 2.18. The molecular weight excluding hydrogens is 228 g/mol. The maximum absolute atomic E-state index is 10.9. The standard InChI is InChI=1S/C11H9ClN2O2/c1-16-11(15)14-9(7-13)10(12)8-5-3-2-4-6-8/h2-6H,1H3,(H,14,15)/b10-9-. The van der Waals surface area contributed by atoms with Gasteiger partial charge in [-0.05, 0) is 5.56 Å². The first-order chi connectivity index (χ1) is 7.69. The lowest BCUT2D eigenvalue weighted by Crippen LogP contribution is -2.22. The van der Waals surface area contributed by atoms with Gasteiger partial charge in [0.15, 0.2) is 0 Å². The Kier molecular flexibility index (Phi) is 4.37. The maximum atomic E-state index is 10.9. The zero-order valence-corrected chi connectivity index (χ0v) is 9.28. The third kappa shape index (κ3) is 3.01. The van der Waals surface area contributed by atoms with Crippen molar-refractivity contribution >= 4 is 22.7 Å². The molecule has 0 bridgehead atoms. The van der Waals surface area contributed by atoms with Gasteiger partial charge in [-0.3, -0.25) is 5.32 Å². The molecule has 0 heterocycles. The summed E-state index contributed by atoms with van der Waals surface area (Å²) in [7, 11) is 1.21. The van der Waals surface area contributed by atoms with Crippen molar-refractivity contribution in [3.8, 4) is 6.07 Å². The average Bonchev–Trinajstić information content (AvgIpc) is 2.35. The monoisotopic (exact) mass is 236 g/mol. The van der Waals surface area contributed by atoms with Crippen molar-refractivity contribution in [1.29, 1.82) is 5.26 Å². The lowest BCUT2D eigenvalue weighted by Gasteiger charge is -2.04. The summed E-state index contributed by atoms with van der Waals surface area (Å²) < 4.78 is 4.37. The molecule has 0 aliphatic carbocycles. The van der Waals surface area contributed by atoms with Crippen LogP contribution in [0.2, 0.25) is 0 Å². The number of carbonyl (C=O) groups is 1. The Morgan fingerprint density at radius 2 is 2.06 bits per heavy atom. The van der Waals surface area contributed by atoms with E-state index >= 15 is 0 Å². The zero-order chi connectivity index (χ0) is 12.0. The van der Waals surface area contributed by atoms with Crippen LogP contribution in [0.4, 0.5) is 4.79 Å². The van der Waals surface area contributed by atoms with Gasteiger partial charge in [0.2, 0.25) is 0 Å². The lowest BCUT2D eigenvalue weighted by atomic mass is 10.2. The number of halogens is 1. The minimum atomic E-state index is -0.731. The van der Waals surface area contributed by atoms with Crippen LogP contribution >= 0.6 is 11.6 Å². The Balaban J connectivity index is 3.02. The first-order valence-electron chi connectivity index (χ1n) is 4.39. The SMILES string of the molecule is COC(=O)N/C(C#N)=C(\Cl)c1ccccc1. The molecule has 1 rings (SSSR count). The fraction of sp³-hybridized carbons (Fsp3) is 0.0909. The van der Waals surface area contributed by atoms with Crippen molar-refractivity contribution in [1.82, 2.24) is 5.32 Å². The number of alkyl carbamates (subject to hydrolysis) is 1. The van der Waals surface area contributed by atoms with Gasteiger partial charge in [0, 0.05) is 0 Å². The van der Waals surface area contributed by atoms with Crippen molar-refractivity contribution in [3.63, 3.8) is 0 Å². The van der Waals surface area contributed by atoms with Crippen LogP contribution in [0.25, 0.3) is 5.03 Å². The summed E-state index contributed by atoms with van der Waals surface area (Å²) in [6.07, 6.45) is -0.731. The molecule has 0 spiro atoms. The van der Waals surface area contributed by atoms with Crippen molar-refractivity contribution in [2.45, 2.75) is 0 Å². The Hall–Kier alpha value is -1.99. The number of hydrogen-bond acceptors (Lipinski definition) is 3. The number of rotatable bonds is 2. The largest absolute Gasteiger partial charge is 0.453 e. The minimum Gasteiger partial charge on any atom is -0.453 e. The number of amides is 1. The van der Waals surface area contributed by atoms with Crippen LogP contribution in [0, 0.1) is 11.3 Å². The van der Waals surface area contributed by atoms with Gasteiger partial charge in [0.05, 0.1) is 12.1 Å². The summed E-state index contributed by atoms with van der Waals surface area (Å²) >= 11 is 5.96. The second-order valence-corrected chi connectivity index (χ2v) is 3.16. The summed E-state index contributed by atoms with van der Waals surface area (Å²) in [6, 6.07) is 10.7. The van der Waals surface area contributed by atoms with Gasteiger partial charge in [-0.15, -0.1) is 0 Å². The molecule has 0 unspecified atom stereocenters. The number of ether oxygens (including phenoxy) is 1. The molecule has 0 aromatic heterocycles. The summed E-state index contributed by atoms with van der Waals surface area (Å²) in [5.41, 5.74) is 0.608. The highest BCUT2D eigenvalue weighted by Crippen LogP contribution is 2.21. The van der Waals surface area contributed by atoms with E-state index in [1.807, 2.05) is 6.07 Å². The van der Waals surface area contributed by atoms with Gasteiger partial charge in [-0.1, -0.05) is 41.9 Å². The van der Waals surface area contributed by atoms with Crippen LogP contribution < -0.4 is 5.32 Å². The molecular formula is C11H9ClN2O2. The smallest absolute Gasteiger partial charge is 0.411 e. The van der Waals surface area contributed by atoms with E-state index < -0.39 is 6.09 Å². The highest BCUT2D eigenvalue weighted by Gasteiger charge is 2.09. The molecule has 82 valence electrons. The Labute approximate surface area is 98.1 Å². The number of nitrogens with one attached hydrogen (secondary N) is 1. The van der Waals surface area contributed by atoms with E-state index in [2.05, 4.69) is 10.1 Å². The van der Waals surface area contributed by atoms with Crippen molar-refractivity contribution in [3.05, 3.63) is 41.6 Å². The third-order valence-electron chi connectivity index (χ3n) is 1.77. The molecule has 0 radical (unpaired) electrons. The molecule has 0 fully saturated rings. The van der Waals surface area contributed by atoms with Gasteiger partial charge in [0.25, 0.3) is 0 Å². The maximum Gasteiger partial charge on any atom is 0.411 e. The Morgan fingerprint density at radius 1 is 1.44 bits per heavy atom. The van der Waals surface area contributed by atoms with Crippen molar-refractivity contribution in [2.24, 2.45) is 0 Å². The van der Waals surface area contributed by atoms with Gasteiger partial charge in [0.1, 0.15) is 11.8 Å². The van der Waals surface area contributed by atoms with E-state index in [1.165, 1.54) is 7.11 Å². The molecule has 0 aliphatic heterocycles. The molecule has 16 heavy (non-hydrogen) atoms. The Morgan fingerprint density at radius 3 is 2.56 bits per heavy atom. The van der Waals surface area contributed by atoms with E-state index in [9.17, 15) is 4.79 Å². The highest BCUT2D eigenvalue weighted by atomic mass is 35.5. The van der Waals surface area contributed by atoms with Crippen LogP contribution in [0.1, 0.15) is 5.56 Å². The van der Waals surface area contributed by atoms with Gasteiger partial charge < -0.3 is 4.74 Å². The molecule has 4 nitrogen and oxygen atoms in total. The lowest BCUT2D eigenvalue weighted by molar-refractivity contribution is 0.174. The summed E-state index contributed by atoms with van der Waals surface area (Å²) in [5.74, 6) is 0. The van der Waals surface area contributed by atoms with Gasteiger partial charge in [-0.25, -0.2) is 4.79 Å². The van der Waals surface area contributed by atoms with Crippen molar-refractivity contribution < 1.29 is 9.53 Å². The minimum absolute atomic E-state index is 0.0419. The van der Waals surface area contributed by atoms with E-state index in [4.69, 9.17) is 16.9 Å². The highest BCUT2D eigenvalue weighted by molar-refractivity contribution is 6.49. The topological polar surface area (TPSA) is 62.1 Å². The second kappa shape index (κ2) is 5.79. The molecule has 0 aliphatic rings. The molecule has 1 aromatic carbocycles. The molecule has 0 atom stereocenters. The Bertz CT molecular complexity index is 449. The number of hydrogen-bond donors (Lipinski definition) is 1. The van der Waals surface area contributed by atoms with Crippen LogP contribution in [-0.2, 0) is 4.74 Å². The molecule has 5 heteroatoms. The van der Waals surface area contributed by atoms with E-state index in [0.29, 0.717) is 5.56 Å². The first kappa shape index (κ1) is 12.1. The van der Waals surface area contributed by atoms with Gasteiger partial charge in [-0.2, -0.15) is 5.26 Å². The fourth-order valence-electron chi connectivity index (χ4n) is 1.01. The summed E-state index contributed by atoms with van der Waals surface area (Å²) in [6.45, 7) is 0. The number of allylic oxidation sites excluding steroid dienone is 1. The van der Waals surface area contributed by atoms with Crippen molar-refractivity contribution in [2.75, 3.05) is 7.11 Å². The number of methoxy groups -OCH3 is 1. The van der Waals surface area contributed by atoms with E-state index in [0.717, 1.165) is 0 Å². The van der Waals surface area contributed by atoms with Crippen LogP contribution in [0.3, 0.4) is 0 Å². The van der Waals surface area contributed by atoms with Crippen LogP contribution in [0.15, 0.2) is 36.0 Å². The average molecular weight is 237 g/mol. The van der Waals surface area contributed by atoms with Gasteiger partial charge >= 0.3 is 6.09 Å². The fourth-order valence-corrected chi connectivity index (χ4v) is 1.23. The molecule has 1 N–H and O–H groups in total. The predicted molar refractivity (Wildman–Crippen MR) is 60.4 cm³/mol. The molecule has 1 amide bonds. The summed E-state index contributed by atoms with van der Waals surface area (Å²) in [4.78, 5) is 10.9. The van der Waals surface area contributed by atoms with E-state index in [1.54, 1.807) is 30.3 Å². The molecule has 1 aromatic rings. The van der Waals surface area contributed by atoms with Crippen LogP contribution in [-0.4, -0.2) is 13.2 Å². The first-order valence-corrected chi connectivity index (χ1v) is 4.77. The molecule has 0 saturated heterocycles. The summed E-state index contributed by atoms with van der Waals surface area (Å²) in [5, 5.41) is 11.3. The predicted octanol–water partition coefficient (Wildman–Crippen LogP) is 2.47. The van der Waals surface area contributed by atoms with Crippen LogP contribution in [0.5, 0.6) is 0 Å². The molecule has 0 saturated carbocycles.